The van der Waals surface area contributed by atoms with Gasteiger partial charge in [0.25, 0.3) is 0 Å². The molecule has 0 heterocycles. The number of rotatable bonds is 19. The number of carbonyl (C=O) groups is 1. The highest BCUT2D eigenvalue weighted by molar-refractivity contribution is 5.69. The lowest BCUT2D eigenvalue weighted by Crippen LogP contribution is -2.14. The molecule has 25 heavy (non-hydrogen) atoms. The van der Waals surface area contributed by atoms with Gasteiger partial charge in [-0.1, -0.05) is 104 Å². The van der Waals surface area contributed by atoms with Gasteiger partial charge in [-0.2, -0.15) is 0 Å². The van der Waals surface area contributed by atoms with Crippen LogP contribution >= 0.6 is 0 Å². The molecule has 0 aliphatic heterocycles. The van der Waals surface area contributed by atoms with E-state index in [1.165, 1.54) is 96.3 Å². The van der Waals surface area contributed by atoms with Gasteiger partial charge >= 0.3 is 5.97 Å². The van der Waals surface area contributed by atoms with Gasteiger partial charge in [0.2, 0.25) is 0 Å². The minimum Gasteiger partial charge on any atom is -0.465 e. The van der Waals surface area contributed by atoms with Crippen LogP contribution in [0, 0.1) is 5.92 Å². The summed E-state index contributed by atoms with van der Waals surface area (Å²) < 4.78 is 5.60. The Morgan fingerprint density at radius 3 is 1.68 bits per heavy atom. The van der Waals surface area contributed by atoms with Crippen molar-refractivity contribution in [1.29, 1.82) is 0 Å². The van der Waals surface area contributed by atoms with Crippen molar-refractivity contribution >= 4 is 5.97 Å². The van der Waals surface area contributed by atoms with Crippen molar-refractivity contribution in [3.05, 3.63) is 0 Å². The van der Waals surface area contributed by atoms with Crippen LogP contribution in [-0.2, 0) is 9.53 Å². The molecular formula is C23H46O2. The van der Waals surface area contributed by atoms with Crippen LogP contribution in [0.4, 0.5) is 0 Å². The molecule has 0 saturated heterocycles. The predicted molar refractivity (Wildman–Crippen MR) is 110 cm³/mol. The molecule has 0 fully saturated rings. The maximum absolute atomic E-state index is 12.0. The zero-order chi connectivity index (χ0) is 18.6. The van der Waals surface area contributed by atoms with Crippen LogP contribution in [0.5, 0.6) is 0 Å². The van der Waals surface area contributed by atoms with Gasteiger partial charge in [-0.05, 0) is 25.2 Å². The summed E-state index contributed by atoms with van der Waals surface area (Å²) in [7, 11) is 0. The third kappa shape index (κ3) is 18.1. The monoisotopic (exact) mass is 354 g/mol. The Bertz CT molecular complexity index is 275. The van der Waals surface area contributed by atoms with E-state index in [1.54, 1.807) is 0 Å². The lowest BCUT2D eigenvalue weighted by molar-refractivity contribution is -0.145. The summed E-state index contributed by atoms with van der Waals surface area (Å²) in [6.07, 6.45) is 20.9. The van der Waals surface area contributed by atoms with E-state index in [1.807, 2.05) is 0 Å². The molecule has 0 radical (unpaired) electrons. The van der Waals surface area contributed by atoms with Gasteiger partial charge in [-0.15, -0.1) is 0 Å². The van der Waals surface area contributed by atoms with Crippen LogP contribution in [0.2, 0.25) is 0 Å². The fourth-order valence-corrected chi connectivity index (χ4v) is 3.36. The molecule has 2 nitrogen and oxygen atoms in total. The molecule has 0 aromatic rings. The Morgan fingerprint density at radius 2 is 1.08 bits per heavy atom. The molecule has 0 aromatic heterocycles. The van der Waals surface area contributed by atoms with Gasteiger partial charge in [0, 0.05) is 6.42 Å². The fraction of sp³-hybridized carbons (Fsp3) is 0.957. The van der Waals surface area contributed by atoms with Crippen LogP contribution in [0.15, 0.2) is 0 Å². The van der Waals surface area contributed by atoms with Crippen molar-refractivity contribution in [3.8, 4) is 0 Å². The predicted octanol–water partition coefficient (Wildman–Crippen LogP) is 7.84. The van der Waals surface area contributed by atoms with Crippen molar-refractivity contribution in [2.45, 2.75) is 130 Å². The number of carbonyl (C=O) groups excluding carboxylic acids is 1. The summed E-state index contributed by atoms with van der Waals surface area (Å²) in [6, 6.07) is 0. The first-order valence-corrected chi connectivity index (χ1v) is 11.4. The van der Waals surface area contributed by atoms with Gasteiger partial charge in [0.05, 0.1) is 6.61 Å². The molecular weight excluding hydrogens is 308 g/mol. The molecule has 0 amide bonds. The number of ether oxygens (including phenoxy) is 1. The molecule has 0 aromatic carbocycles. The number of esters is 1. The van der Waals surface area contributed by atoms with Crippen LogP contribution < -0.4 is 0 Å². The third-order valence-corrected chi connectivity index (χ3v) is 5.15. The largest absolute Gasteiger partial charge is 0.465 e. The SMILES string of the molecule is CCCCCCCCC(=O)OCC(CCCCC)CCCCCCC. The van der Waals surface area contributed by atoms with Crippen molar-refractivity contribution in [2.75, 3.05) is 6.61 Å². The highest BCUT2D eigenvalue weighted by Gasteiger charge is 2.12. The van der Waals surface area contributed by atoms with Crippen molar-refractivity contribution in [2.24, 2.45) is 5.92 Å². The molecule has 1 atom stereocenters. The average molecular weight is 355 g/mol. The van der Waals surface area contributed by atoms with E-state index < -0.39 is 0 Å². The van der Waals surface area contributed by atoms with Crippen molar-refractivity contribution in [1.82, 2.24) is 0 Å². The van der Waals surface area contributed by atoms with Crippen molar-refractivity contribution < 1.29 is 9.53 Å². The Hall–Kier alpha value is -0.530. The highest BCUT2D eigenvalue weighted by Crippen LogP contribution is 2.19. The molecule has 0 aliphatic rings. The Morgan fingerprint density at radius 1 is 0.640 bits per heavy atom. The molecule has 0 N–H and O–H groups in total. The highest BCUT2D eigenvalue weighted by atomic mass is 16.5. The standard InChI is InChI=1S/C23H46O2/c1-4-7-10-12-14-17-20-23(24)25-21-22(18-15-9-6-3)19-16-13-11-8-5-2/h22H,4-21H2,1-3H3. The lowest BCUT2D eigenvalue weighted by atomic mass is 9.95. The van der Waals surface area contributed by atoms with E-state index in [0.717, 1.165) is 6.42 Å². The van der Waals surface area contributed by atoms with E-state index >= 15 is 0 Å². The summed E-state index contributed by atoms with van der Waals surface area (Å²) in [4.78, 5) is 12.0. The molecule has 2 heteroatoms. The number of hydrogen-bond donors (Lipinski definition) is 0. The summed E-state index contributed by atoms with van der Waals surface area (Å²) in [5.41, 5.74) is 0. The van der Waals surface area contributed by atoms with Gasteiger partial charge in [-0.3, -0.25) is 4.79 Å². The Kier molecular flexibility index (Phi) is 19.4. The second-order valence-corrected chi connectivity index (χ2v) is 7.77. The Labute approximate surface area is 158 Å². The summed E-state index contributed by atoms with van der Waals surface area (Å²) in [5, 5.41) is 0. The van der Waals surface area contributed by atoms with Gasteiger partial charge in [-0.25, -0.2) is 0 Å². The topological polar surface area (TPSA) is 26.3 Å². The molecule has 150 valence electrons. The minimum absolute atomic E-state index is 0.0296. The molecule has 0 rings (SSSR count). The van der Waals surface area contributed by atoms with E-state index in [-0.39, 0.29) is 5.97 Å². The summed E-state index contributed by atoms with van der Waals surface area (Å²) in [5.74, 6) is 0.614. The van der Waals surface area contributed by atoms with E-state index in [0.29, 0.717) is 18.9 Å². The maximum atomic E-state index is 12.0. The van der Waals surface area contributed by atoms with Gasteiger partial charge in [0.15, 0.2) is 0 Å². The molecule has 0 aliphatic carbocycles. The van der Waals surface area contributed by atoms with Crippen LogP contribution in [0.25, 0.3) is 0 Å². The first-order chi connectivity index (χ1) is 12.2. The lowest BCUT2D eigenvalue weighted by Gasteiger charge is -2.17. The average Bonchev–Trinajstić information content (AvgIpc) is 2.62. The van der Waals surface area contributed by atoms with Gasteiger partial charge in [0.1, 0.15) is 0 Å². The first-order valence-electron chi connectivity index (χ1n) is 11.4. The van der Waals surface area contributed by atoms with Crippen LogP contribution in [0.1, 0.15) is 130 Å². The molecule has 1 unspecified atom stereocenters. The third-order valence-electron chi connectivity index (χ3n) is 5.15. The first kappa shape index (κ1) is 24.5. The molecule has 0 spiro atoms. The fourth-order valence-electron chi connectivity index (χ4n) is 3.36. The summed E-state index contributed by atoms with van der Waals surface area (Å²) >= 11 is 0. The smallest absolute Gasteiger partial charge is 0.305 e. The summed E-state index contributed by atoms with van der Waals surface area (Å²) in [6.45, 7) is 7.40. The normalized spacial score (nSPS) is 12.3. The molecule has 0 saturated carbocycles. The Balaban J connectivity index is 3.82. The zero-order valence-corrected chi connectivity index (χ0v) is 17.6. The zero-order valence-electron chi connectivity index (χ0n) is 17.6. The van der Waals surface area contributed by atoms with Crippen LogP contribution in [0.3, 0.4) is 0 Å². The quantitative estimate of drug-likeness (QED) is 0.174. The van der Waals surface area contributed by atoms with E-state index in [4.69, 9.17) is 4.74 Å². The second kappa shape index (κ2) is 19.8. The maximum Gasteiger partial charge on any atom is 0.305 e. The van der Waals surface area contributed by atoms with E-state index in [9.17, 15) is 4.79 Å². The van der Waals surface area contributed by atoms with Gasteiger partial charge < -0.3 is 4.74 Å². The van der Waals surface area contributed by atoms with Crippen LogP contribution in [-0.4, -0.2) is 12.6 Å². The second-order valence-electron chi connectivity index (χ2n) is 7.77. The number of unbranched alkanes of at least 4 members (excludes halogenated alkanes) is 11. The van der Waals surface area contributed by atoms with E-state index in [2.05, 4.69) is 20.8 Å². The molecule has 0 bridgehead atoms. The van der Waals surface area contributed by atoms with Crippen molar-refractivity contribution in [3.63, 3.8) is 0 Å². The minimum atomic E-state index is 0.0296. The number of hydrogen-bond acceptors (Lipinski definition) is 2.